The van der Waals surface area contributed by atoms with Crippen molar-refractivity contribution < 1.29 is 14.3 Å². The van der Waals surface area contributed by atoms with Crippen molar-refractivity contribution in [1.82, 2.24) is 0 Å². The monoisotopic (exact) mass is 215 g/mol. The number of thioether (sulfide) groups is 1. The summed E-state index contributed by atoms with van der Waals surface area (Å²) in [4.78, 5) is 11.3. The fraction of sp³-hybridized carbons (Fsp3) is 0.222. The van der Waals surface area contributed by atoms with E-state index in [1.54, 1.807) is 6.07 Å². The molecule has 1 aromatic carbocycles. The number of benzene rings is 1. The predicted molar refractivity (Wildman–Crippen MR) is 53.1 cm³/mol. The van der Waals surface area contributed by atoms with Crippen molar-refractivity contribution in [2.75, 3.05) is 12.3 Å². The summed E-state index contributed by atoms with van der Waals surface area (Å²) >= 11 is 1.41. The summed E-state index contributed by atoms with van der Waals surface area (Å²) in [5.41, 5.74) is 4.99. The number of rotatable bonds is 4. The van der Waals surface area contributed by atoms with Crippen LogP contribution in [0.3, 0.4) is 0 Å². The van der Waals surface area contributed by atoms with E-state index in [9.17, 15) is 9.18 Å². The molecule has 3 N–H and O–H groups in total. The highest BCUT2D eigenvalue weighted by Gasteiger charge is 2.10. The Labute approximate surface area is 85.1 Å². The minimum atomic E-state index is -1.25. The Bertz CT molecular complexity index is 344. The van der Waals surface area contributed by atoms with Crippen LogP contribution in [0.15, 0.2) is 23.1 Å². The molecular formula is C9H10FNO2S. The lowest BCUT2D eigenvalue weighted by Gasteiger charge is -2.02. The zero-order valence-electron chi connectivity index (χ0n) is 7.37. The van der Waals surface area contributed by atoms with E-state index in [1.807, 2.05) is 0 Å². The summed E-state index contributed by atoms with van der Waals surface area (Å²) in [6.45, 7) is 0.504. The molecule has 0 saturated carbocycles. The lowest BCUT2D eigenvalue weighted by atomic mass is 10.2. The summed E-state index contributed by atoms with van der Waals surface area (Å²) in [5, 5.41) is 8.64. The van der Waals surface area contributed by atoms with Crippen molar-refractivity contribution in [1.29, 1.82) is 0 Å². The third-order valence-corrected chi connectivity index (χ3v) is 2.58. The van der Waals surface area contributed by atoms with E-state index >= 15 is 0 Å². The van der Waals surface area contributed by atoms with Crippen LogP contribution in [-0.2, 0) is 0 Å². The fourth-order valence-corrected chi connectivity index (χ4v) is 1.65. The highest BCUT2D eigenvalue weighted by atomic mass is 32.2. The molecule has 0 radical (unpaired) electrons. The van der Waals surface area contributed by atoms with Gasteiger partial charge in [-0.05, 0) is 18.2 Å². The summed E-state index contributed by atoms with van der Waals surface area (Å²) in [7, 11) is 0. The van der Waals surface area contributed by atoms with Crippen molar-refractivity contribution in [2.45, 2.75) is 4.90 Å². The van der Waals surface area contributed by atoms with Gasteiger partial charge in [-0.2, -0.15) is 0 Å². The lowest BCUT2D eigenvalue weighted by Crippen LogP contribution is -2.02. The summed E-state index contributed by atoms with van der Waals surface area (Å²) in [6.07, 6.45) is 0. The zero-order valence-corrected chi connectivity index (χ0v) is 8.18. The largest absolute Gasteiger partial charge is 0.478 e. The van der Waals surface area contributed by atoms with Crippen LogP contribution in [0.5, 0.6) is 0 Å². The van der Waals surface area contributed by atoms with Gasteiger partial charge in [0, 0.05) is 17.2 Å². The van der Waals surface area contributed by atoms with Crippen LogP contribution in [0.1, 0.15) is 10.4 Å². The SMILES string of the molecule is NCCSc1ccc(F)c(C(=O)O)c1. The highest BCUT2D eigenvalue weighted by Crippen LogP contribution is 2.20. The van der Waals surface area contributed by atoms with E-state index in [0.717, 1.165) is 6.07 Å². The van der Waals surface area contributed by atoms with E-state index < -0.39 is 11.8 Å². The van der Waals surface area contributed by atoms with Gasteiger partial charge in [0.2, 0.25) is 0 Å². The Morgan fingerprint density at radius 3 is 2.86 bits per heavy atom. The van der Waals surface area contributed by atoms with Crippen LogP contribution in [0, 0.1) is 5.82 Å². The van der Waals surface area contributed by atoms with Crippen molar-refractivity contribution in [3.63, 3.8) is 0 Å². The Morgan fingerprint density at radius 1 is 1.57 bits per heavy atom. The van der Waals surface area contributed by atoms with Crippen LogP contribution in [0.2, 0.25) is 0 Å². The minimum Gasteiger partial charge on any atom is -0.478 e. The molecule has 0 heterocycles. The first-order chi connectivity index (χ1) is 6.65. The molecule has 14 heavy (non-hydrogen) atoms. The van der Waals surface area contributed by atoms with Crippen molar-refractivity contribution in [3.8, 4) is 0 Å². The van der Waals surface area contributed by atoms with Crippen LogP contribution in [0.25, 0.3) is 0 Å². The van der Waals surface area contributed by atoms with Gasteiger partial charge >= 0.3 is 5.97 Å². The maximum atomic E-state index is 12.9. The van der Waals surface area contributed by atoms with Gasteiger partial charge < -0.3 is 10.8 Å². The Morgan fingerprint density at radius 2 is 2.29 bits per heavy atom. The van der Waals surface area contributed by atoms with Crippen molar-refractivity contribution in [3.05, 3.63) is 29.6 Å². The Hall–Kier alpha value is -1.07. The number of aromatic carboxylic acids is 1. The normalized spacial score (nSPS) is 10.1. The van der Waals surface area contributed by atoms with Crippen LogP contribution in [-0.4, -0.2) is 23.4 Å². The molecule has 1 aromatic rings. The smallest absolute Gasteiger partial charge is 0.338 e. The maximum absolute atomic E-state index is 12.9. The standard InChI is InChI=1S/C9H10FNO2S/c10-8-2-1-6(14-4-3-11)5-7(8)9(12)13/h1-2,5H,3-4,11H2,(H,12,13). The van der Waals surface area contributed by atoms with E-state index in [2.05, 4.69) is 0 Å². The number of halogens is 1. The van der Waals surface area contributed by atoms with Gasteiger partial charge in [-0.25, -0.2) is 9.18 Å². The Balaban J connectivity index is 2.89. The number of hydrogen-bond acceptors (Lipinski definition) is 3. The van der Waals surface area contributed by atoms with E-state index in [4.69, 9.17) is 10.8 Å². The average Bonchev–Trinajstić information content (AvgIpc) is 2.16. The van der Waals surface area contributed by atoms with E-state index in [0.29, 0.717) is 17.2 Å². The molecule has 0 amide bonds. The molecule has 0 aliphatic carbocycles. The predicted octanol–water partition coefficient (Wildman–Crippen LogP) is 1.57. The highest BCUT2D eigenvalue weighted by molar-refractivity contribution is 7.99. The molecule has 76 valence electrons. The topological polar surface area (TPSA) is 63.3 Å². The Kier molecular flexibility index (Phi) is 3.91. The molecule has 0 unspecified atom stereocenters. The number of carbonyl (C=O) groups is 1. The van der Waals surface area contributed by atoms with Crippen LogP contribution in [0.4, 0.5) is 4.39 Å². The maximum Gasteiger partial charge on any atom is 0.338 e. The molecule has 0 aliphatic rings. The van der Waals surface area contributed by atoms with Crippen molar-refractivity contribution in [2.24, 2.45) is 5.73 Å². The van der Waals surface area contributed by atoms with Gasteiger partial charge in [-0.15, -0.1) is 11.8 Å². The minimum absolute atomic E-state index is 0.299. The second-order valence-electron chi connectivity index (χ2n) is 2.58. The van der Waals surface area contributed by atoms with E-state index in [1.165, 1.54) is 17.8 Å². The lowest BCUT2D eigenvalue weighted by molar-refractivity contribution is 0.0691. The van der Waals surface area contributed by atoms with Gasteiger partial charge in [-0.1, -0.05) is 0 Å². The second kappa shape index (κ2) is 4.97. The molecule has 0 fully saturated rings. The first kappa shape index (κ1) is 11.0. The molecule has 0 saturated heterocycles. The van der Waals surface area contributed by atoms with Gasteiger partial charge in [0.15, 0.2) is 0 Å². The second-order valence-corrected chi connectivity index (χ2v) is 3.75. The van der Waals surface area contributed by atoms with Crippen LogP contribution < -0.4 is 5.73 Å². The quantitative estimate of drug-likeness (QED) is 0.748. The average molecular weight is 215 g/mol. The summed E-state index contributed by atoms with van der Waals surface area (Å²) in [6, 6.07) is 4.02. The number of hydrogen-bond donors (Lipinski definition) is 2. The molecule has 5 heteroatoms. The molecule has 0 spiro atoms. The van der Waals surface area contributed by atoms with Gasteiger partial charge in [0.05, 0.1) is 5.56 Å². The molecule has 0 atom stereocenters. The molecule has 0 bridgehead atoms. The van der Waals surface area contributed by atoms with Crippen molar-refractivity contribution >= 4 is 17.7 Å². The summed E-state index contributed by atoms with van der Waals surface area (Å²) < 4.78 is 12.9. The van der Waals surface area contributed by atoms with Crippen LogP contribution >= 0.6 is 11.8 Å². The van der Waals surface area contributed by atoms with Gasteiger partial charge in [0.1, 0.15) is 5.82 Å². The summed E-state index contributed by atoms with van der Waals surface area (Å²) in [5.74, 6) is -1.28. The first-order valence-corrected chi connectivity index (χ1v) is 4.99. The van der Waals surface area contributed by atoms with Gasteiger partial charge in [0.25, 0.3) is 0 Å². The van der Waals surface area contributed by atoms with Gasteiger partial charge in [-0.3, -0.25) is 0 Å². The molecule has 1 rings (SSSR count). The molecule has 3 nitrogen and oxygen atoms in total. The molecular weight excluding hydrogens is 205 g/mol. The third-order valence-electron chi connectivity index (χ3n) is 1.55. The third kappa shape index (κ3) is 2.71. The van der Waals surface area contributed by atoms with E-state index in [-0.39, 0.29) is 5.56 Å². The molecule has 0 aromatic heterocycles. The number of carboxylic acid groups (broad SMARTS) is 1. The number of nitrogens with two attached hydrogens (primary N) is 1. The fourth-order valence-electron chi connectivity index (χ4n) is 0.935. The zero-order chi connectivity index (χ0) is 10.6. The number of carboxylic acids is 1. The molecule has 0 aliphatic heterocycles. The first-order valence-electron chi connectivity index (χ1n) is 4.01.